The van der Waals surface area contributed by atoms with Crippen LogP contribution in [0, 0.1) is 5.92 Å². The molecule has 1 fully saturated rings. The Morgan fingerprint density at radius 2 is 1.88 bits per heavy atom. The predicted octanol–water partition coefficient (Wildman–Crippen LogP) is 2.92. The Morgan fingerprint density at radius 3 is 2.38 bits per heavy atom. The second-order valence-electron chi connectivity index (χ2n) is 4.58. The summed E-state index contributed by atoms with van der Waals surface area (Å²) < 4.78 is 10.9. The molecule has 0 radical (unpaired) electrons. The monoisotopic (exact) mass is 228 g/mol. The molecular formula is C13H24O3. The van der Waals surface area contributed by atoms with Crippen LogP contribution < -0.4 is 0 Å². The first-order valence-corrected chi connectivity index (χ1v) is 6.49. The molecule has 0 spiro atoms. The molecule has 0 aliphatic heterocycles. The molecule has 3 heteroatoms. The zero-order valence-corrected chi connectivity index (χ0v) is 10.7. The highest BCUT2D eigenvalue weighted by molar-refractivity contribution is 5.72. The topological polar surface area (TPSA) is 35.5 Å². The van der Waals surface area contributed by atoms with Gasteiger partial charge in [0.25, 0.3) is 0 Å². The summed E-state index contributed by atoms with van der Waals surface area (Å²) >= 11 is 0. The first kappa shape index (κ1) is 13.5. The fraction of sp³-hybridized carbons (Fsp3) is 0.923. The zero-order chi connectivity index (χ0) is 12.0. The van der Waals surface area contributed by atoms with Crippen molar-refractivity contribution in [2.75, 3.05) is 6.61 Å². The van der Waals surface area contributed by atoms with Gasteiger partial charge in [-0.05, 0) is 46.0 Å². The number of hydrogen-bond acceptors (Lipinski definition) is 3. The van der Waals surface area contributed by atoms with Crippen LogP contribution in [-0.2, 0) is 14.3 Å². The van der Waals surface area contributed by atoms with Gasteiger partial charge in [-0.25, -0.2) is 0 Å². The van der Waals surface area contributed by atoms with E-state index in [0.717, 1.165) is 32.1 Å². The van der Waals surface area contributed by atoms with Crippen LogP contribution in [0.4, 0.5) is 0 Å². The molecule has 1 rings (SSSR count). The highest BCUT2D eigenvalue weighted by Gasteiger charge is 2.28. The first-order valence-electron chi connectivity index (χ1n) is 6.49. The Kier molecular flexibility index (Phi) is 5.81. The number of ether oxygens (including phenoxy) is 2. The van der Waals surface area contributed by atoms with Crippen molar-refractivity contribution < 1.29 is 14.3 Å². The molecule has 0 amide bonds. The van der Waals surface area contributed by atoms with E-state index in [9.17, 15) is 4.79 Å². The molecule has 1 saturated carbocycles. The van der Waals surface area contributed by atoms with Crippen LogP contribution in [0.15, 0.2) is 0 Å². The summed E-state index contributed by atoms with van der Waals surface area (Å²) in [7, 11) is 0. The Bertz CT molecular complexity index is 207. The van der Waals surface area contributed by atoms with E-state index in [1.165, 1.54) is 0 Å². The van der Waals surface area contributed by atoms with E-state index in [1.807, 2.05) is 6.92 Å². The van der Waals surface area contributed by atoms with Gasteiger partial charge in [-0.15, -0.1) is 0 Å². The molecule has 1 atom stereocenters. The summed E-state index contributed by atoms with van der Waals surface area (Å²) in [5.41, 5.74) is 0. The Balaban J connectivity index is 2.25. The average molecular weight is 228 g/mol. The maximum absolute atomic E-state index is 11.5. The maximum Gasteiger partial charge on any atom is 0.308 e. The minimum Gasteiger partial charge on any atom is -0.466 e. The first-order chi connectivity index (χ1) is 7.67. The lowest BCUT2D eigenvalue weighted by molar-refractivity contribution is -0.150. The van der Waals surface area contributed by atoms with Gasteiger partial charge in [0.2, 0.25) is 0 Å². The number of carbonyl (C=O) groups is 1. The fourth-order valence-corrected chi connectivity index (χ4v) is 2.12. The van der Waals surface area contributed by atoms with E-state index in [0.29, 0.717) is 18.8 Å². The van der Waals surface area contributed by atoms with Gasteiger partial charge in [0.1, 0.15) is 0 Å². The van der Waals surface area contributed by atoms with E-state index in [-0.39, 0.29) is 11.9 Å². The third kappa shape index (κ3) is 4.12. The summed E-state index contributed by atoms with van der Waals surface area (Å²) in [6, 6.07) is 0. The lowest BCUT2D eigenvalue weighted by Crippen LogP contribution is -2.29. The Labute approximate surface area is 98.5 Å². The lowest BCUT2D eigenvalue weighted by atomic mass is 9.87. The number of hydrogen-bond donors (Lipinski definition) is 0. The Morgan fingerprint density at radius 1 is 1.25 bits per heavy atom. The van der Waals surface area contributed by atoms with Crippen molar-refractivity contribution in [3.8, 4) is 0 Å². The number of esters is 1. The molecule has 1 aliphatic rings. The normalized spacial score (nSPS) is 27.4. The van der Waals surface area contributed by atoms with Crippen LogP contribution >= 0.6 is 0 Å². The molecule has 1 unspecified atom stereocenters. The van der Waals surface area contributed by atoms with Gasteiger partial charge in [-0.3, -0.25) is 4.79 Å². The molecule has 3 nitrogen and oxygen atoms in total. The van der Waals surface area contributed by atoms with E-state index in [4.69, 9.17) is 9.47 Å². The molecular weight excluding hydrogens is 204 g/mol. The fourth-order valence-electron chi connectivity index (χ4n) is 2.12. The van der Waals surface area contributed by atoms with Crippen molar-refractivity contribution >= 4 is 5.97 Å². The van der Waals surface area contributed by atoms with Gasteiger partial charge in [0.05, 0.1) is 24.7 Å². The molecule has 0 heterocycles. The molecule has 0 aromatic rings. The summed E-state index contributed by atoms with van der Waals surface area (Å²) in [6.07, 6.45) is 5.56. The van der Waals surface area contributed by atoms with Gasteiger partial charge in [0, 0.05) is 0 Å². The minimum absolute atomic E-state index is 0.0236. The molecule has 0 saturated heterocycles. The van der Waals surface area contributed by atoms with Crippen molar-refractivity contribution in [3.05, 3.63) is 0 Å². The van der Waals surface area contributed by atoms with Crippen molar-refractivity contribution in [1.29, 1.82) is 0 Å². The molecule has 0 aromatic heterocycles. The van der Waals surface area contributed by atoms with Crippen LogP contribution in [0.25, 0.3) is 0 Å². The summed E-state index contributed by atoms with van der Waals surface area (Å²) in [6.45, 7) is 6.59. The average Bonchev–Trinajstić information content (AvgIpc) is 2.30. The van der Waals surface area contributed by atoms with Crippen molar-refractivity contribution in [3.63, 3.8) is 0 Å². The molecule has 0 aromatic carbocycles. The highest BCUT2D eigenvalue weighted by Crippen LogP contribution is 2.28. The summed E-state index contributed by atoms with van der Waals surface area (Å²) in [5.74, 6) is 0.0845. The summed E-state index contributed by atoms with van der Waals surface area (Å²) in [5, 5.41) is 0. The maximum atomic E-state index is 11.5. The summed E-state index contributed by atoms with van der Waals surface area (Å²) in [4.78, 5) is 11.5. The Hall–Kier alpha value is -0.570. The SMILES string of the molecule is CCOC(=O)[C@H]1CC[C@H](OC(C)CC)CC1. The largest absolute Gasteiger partial charge is 0.466 e. The predicted molar refractivity (Wildman–Crippen MR) is 63.2 cm³/mol. The van der Waals surface area contributed by atoms with Crippen molar-refractivity contribution in [1.82, 2.24) is 0 Å². The van der Waals surface area contributed by atoms with E-state index >= 15 is 0 Å². The van der Waals surface area contributed by atoms with Crippen molar-refractivity contribution in [2.45, 2.75) is 65.1 Å². The highest BCUT2D eigenvalue weighted by atomic mass is 16.5. The van der Waals surface area contributed by atoms with Crippen LogP contribution in [-0.4, -0.2) is 24.8 Å². The minimum atomic E-state index is -0.0236. The number of rotatable bonds is 5. The molecule has 0 bridgehead atoms. The van der Waals surface area contributed by atoms with Gasteiger partial charge in [-0.1, -0.05) is 6.92 Å². The van der Waals surface area contributed by atoms with E-state index in [2.05, 4.69) is 13.8 Å². The zero-order valence-electron chi connectivity index (χ0n) is 10.7. The van der Waals surface area contributed by atoms with Crippen LogP contribution in [0.1, 0.15) is 52.9 Å². The van der Waals surface area contributed by atoms with E-state index in [1.54, 1.807) is 0 Å². The lowest BCUT2D eigenvalue weighted by Gasteiger charge is -2.29. The van der Waals surface area contributed by atoms with Crippen LogP contribution in [0.5, 0.6) is 0 Å². The van der Waals surface area contributed by atoms with Crippen LogP contribution in [0.2, 0.25) is 0 Å². The third-order valence-corrected chi connectivity index (χ3v) is 3.29. The second-order valence-corrected chi connectivity index (χ2v) is 4.58. The molecule has 16 heavy (non-hydrogen) atoms. The third-order valence-electron chi connectivity index (χ3n) is 3.29. The molecule has 0 N–H and O–H groups in total. The van der Waals surface area contributed by atoms with Gasteiger partial charge >= 0.3 is 5.97 Å². The standard InChI is InChI=1S/C13H24O3/c1-4-10(3)16-12-8-6-11(7-9-12)13(14)15-5-2/h10-12H,4-9H2,1-3H3/t10?,11-,12-. The molecule has 1 aliphatic carbocycles. The number of carbonyl (C=O) groups excluding carboxylic acids is 1. The van der Waals surface area contributed by atoms with Crippen molar-refractivity contribution in [2.24, 2.45) is 5.92 Å². The van der Waals surface area contributed by atoms with Gasteiger partial charge < -0.3 is 9.47 Å². The molecule has 94 valence electrons. The van der Waals surface area contributed by atoms with Gasteiger partial charge in [0.15, 0.2) is 0 Å². The van der Waals surface area contributed by atoms with Gasteiger partial charge in [-0.2, -0.15) is 0 Å². The van der Waals surface area contributed by atoms with E-state index < -0.39 is 0 Å². The second kappa shape index (κ2) is 6.89. The van der Waals surface area contributed by atoms with Crippen LogP contribution in [0.3, 0.4) is 0 Å². The smallest absolute Gasteiger partial charge is 0.308 e. The quantitative estimate of drug-likeness (QED) is 0.679.